The van der Waals surface area contributed by atoms with Crippen molar-refractivity contribution in [2.24, 2.45) is 0 Å². The van der Waals surface area contributed by atoms with E-state index in [1.165, 1.54) is 18.2 Å². The fourth-order valence-corrected chi connectivity index (χ4v) is 2.33. The molecule has 0 atom stereocenters. The van der Waals surface area contributed by atoms with Crippen molar-refractivity contribution in [2.75, 3.05) is 5.73 Å². The average molecular weight is 276 g/mol. The van der Waals surface area contributed by atoms with Gasteiger partial charge in [0.15, 0.2) is 0 Å². The number of halogens is 2. The predicted molar refractivity (Wildman–Crippen MR) is 74.7 cm³/mol. The first kappa shape index (κ1) is 12.0. The molecule has 3 rings (SSSR count). The van der Waals surface area contributed by atoms with Crippen molar-refractivity contribution in [1.82, 2.24) is 9.38 Å². The van der Waals surface area contributed by atoms with Gasteiger partial charge < -0.3 is 5.73 Å². The topological polar surface area (TPSA) is 43.3 Å². The highest BCUT2D eigenvalue weighted by Crippen LogP contribution is 2.31. The molecule has 2 aromatic heterocycles. The zero-order valence-electron chi connectivity index (χ0n) is 10.2. The molecule has 0 aliphatic heterocycles. The fraction of sp³-hybridized carbons (Fsp3) is 0.0714. The van der Waals surface area contributed by atoms with Crippen LogP contribution in [0.25, 0.3) is 16.9 Å². The van der Waals surface area contributed by atoms with E-state index in [9.17, 15) is 4.39 Å². The molecule has 0 radical (unpaired) electrons. The molecule has 3 nitrogen and oxygen atoms in total. The Morgan fingerprint density at radius 3 is 2.79 bits per heavy atom. The van der Waals surface area contributed by atoms with Crippen LogP contribution in [0, 0.1) is 12.7 Å². The largest absolute Gasteiger partial charge is 0.383 e. The molecule has 0 aliphatic carbocycles. The van der Waals surface area contributed by atoms with Crippen molar-refractivity contribution in [3.05, 3.63) is 52.9 Å². The Kier molecular flexibility index (Phi) is 2.68. The van der Waals surface area contributed by atoms with Crippen LogP contribution in [0.2, 0.25) is 5.02 Å². The van der Waals surface area contributed by atoms with Gasteiger partial charge in [0.25, 0.3) is 0 Å². The molecule has 1 aromatic carbocycles. The summed E-state index contributed by atoms with van der Waals surface area (Å²) >= 11 is 5.91. The number of pyridine rings is 1. The first-order valence-electron chi connectivity index (χ1n) is 5.77. The summed E-state index contributed by atoms with van der Waals surface area (Å²) in [5.41, 5.74) is 8.43. The second-order valence-corrected chi connectivity index (χ2v) is 4.77. The normalized spacial score (nSPS) is 11.1. The minimum Gasteiger partial charge on any atom is -0.383 e. The maximum atomic E-state index is 13.9. The van der Waals surface area contributed by atoms with Gasteiger partial charge in [0.05, 0.1) is 0 Å². The maximum Gasteiger partial charge on any atom is 0.139 e. The lowest BCUT2D eigenvalue weighted by molar-refractivity contribution is 0.631. The molecular formula is C14H11ClFN3. The Balaban J connectivity index is 2.34. The summed E-state index contributed by atoms with van der Waals surface area (Å²) in [6, 6.07) is 9.98. The number of aromatic nitrogens is 2. The van der Waals surface area contributed by atoms with Crippen molar-refractivity contribution in [2.45, 2.75) is 6.92 Å². The zero-order chi connectivity index (χ0) is 13.6. The van der Waals surface area contributed by atoms with Crippen LogP contribution < -0.4 is 5.73 Å². The van der Waals surface area contributed by atoms with E-state index in [0.717, 1.165) is 5.69 Å². The summed E-state index contributed by atoms with van der Waals surface area (Å²) in [5, 5.41) is 0.449. The third-order valence-corrected chi connectivity index (χ3v) is 3.29. The van der Waals surface area contributed by atoms with Gasteiger partial charge in [-0.1, -0.05) is 17.7 Å². The molecule has 0 saturated heterocycles. The van der Waals surface area contributed by atoms with E-state index in [-0.39, 0.29) is 0 Å². The van der Waals surface area contributed by atoms with Crippen LogP contribution in [-0.2, 0) is 0 Å². The van der Waals surface area contributed by atoms with E-state index in [4.69, 9.17) is 17.3 Å². The lowest BCUT2D eigenvalue weighted by atomic mass is 10.1. The van der Waals surface area contributed by atoms with Gasteiger partial charge in [0, 0.05) is 16.3 Å². The SMILES string of the molecule is Cc1cccc2nc(-c3cc(Cl)ccc3F)c(N)n12. The van der Waals surface area contributed by atoms with Crippen LogP contribution in [0.1, 0.15) is 5.69 Å². The van der Waals surface area contributed by atoms with Crippen molar-refractivity contribution < 1.29 is 4.39 Å². The van der Waals surface area contributed by atoms with Crippen LogP contribution in [0.4, 0.5) is 10.2 Å². The molecule has 5 heteroatoms. The number of imidazole rings is 1. The highest BCUT2D eigenvalue weighted by molar-refractivity contribution is 6.30. The van der Waals surface area contributed by atoms with Gasteiger partial charge >= 0.3 is 0 Å². The number of benzene rings is 1. The summed E-state index contributed by atoms with van der Waals surface area (Å²) in [7, 11) is 0. The molecule has 0 unspecified atom stereocenters. The molecule has 0 fully saturated rings. The second kappa shape index (κ2) is 4.24. The van der Waals surface area contributed by atoms with Crippen molar-refractivity contribution in [1.29, 1.82) is 0 Å². The average Bonchev–Trinajstić information content (AvgIpc) is 2.71. The smallest absolute Gasteiger partial charge is 0.139 e. The number of anilines is 1. The molecule has 0 amide bonds. The highest BCUT2D eigenvalue weighted by Gasteiger charge is 2.16. The fourth-order valence-electron chi connectivity index (χ4n) is 2.16. The van der Waals surface area contributed by atoms with Gasteiger partial charge in [-0.05, 0) is 37.3 Å². The van der Waals surface area contributed by atoms with Crippen molar-refractivity contribution in [3.8, 4) is 11.3 Å². The van der Waals surface area contributed by atoms with Crippen LogP contribution in [0.15, 0.2) is 36.4 Å². The molecule has 2 heterocycles. The first-order valence-corrected chi connectivity index (χ1v) is 6.14. The molecule has 0 bridgehead atoms. The molecule has 0 aliphatic rings. The second-order valence-electron chi connectivity index (χ2n) is 4.33. The number of nitrogen functional groups attached to an aromatic ring is 1. The molecule has 0 spiro atoms. The first-order chi connectivity index (χ1) is 9.08. The third-order valence-electron chi connectivity index (χ3n) is 3.06. The van der Waals surface area contributed by atoms with Crippen molar-refractivity contribution >= 4 is 23.1 Å². The van der Waals surface area contributed by atoms with Crippen LogP contribution in [0.3, 0.4) is 0 Å². The van der Waals surface area contributed by atoms with Gasteiger partial charge in [-0.2, -0.15) is 0 Å². The minimum absolute atomic E-state index is 0.313. The van der Waals surface area contributed by atoms with Gasteiger partial charge in [-0.15, -0.1) is 0 Å². The molecule has 3 aromatic rings. The van der Waals surface area contributed by atoms with E-state index < -0.39 is 5.82 Å². The van der Waals surface area contributed by atoms with E-state index in [1.54, 1.807) is 4.40 Å². The zero-order valence-corrected chi connectivity index (χ0v) is 10.9. The quantitative estimate of drug-likeness (QED) is 0.736. The predicted octanol–water partition coefficient (Wildman–Crippen LogP) is 3.68. The van der Waals surface area contributed by atoms with Gasteiger partial charge in [-0.25, -0.2) is 9.37 Å². The van der Waals surface area contributed by atoms with Gasteiger partial charge in [0.1, 0.15) is 23.0 Å². The number of rotatable bonds is 1. The van der Waals surface area contributed by atoms with E-state index in [0.29, 0.717) is 27.7 Å². The Bertz CT molecular complexity index is 780. The van der Waals surface area contributed by atoms with Crippen molar-refractivity contribution in [3.63, 3.8) is 0 Å². The summed E-state index contributed by atoms with van der Waals surface area (Å²) in [4.78, 5) is 4.38. The molecule has 0 saturated carbocycles. The Hall–Kier alpha value is -2.07. The van der Waals surface area contributed by atoms with Gasteiger partial charge in [0.2, 0.25) is 0 Å². The molecule has 19 heavy (non-hydrogen) atoms. The Labute approximate surface area is 114 Å². The third kappa shape index (κ3) is 1.85. The molecule has 2 N–H and O–H groups in total. The summed E-state index contributed by atoms with van der Waals surface area (Å²) in [6.45, 7) is 1.92. The van der Waals surface area contributed by atoms with E-state index >= 15 is 0 Å². The number of hydrogen-bond acceptors (Lipinski definition) is 2. The lowest BCUT2D eigenvalue weighted by Crippen LogP contribution is -1.97. The molecule has 96 valence electrons. The number of nitrogens with two attached hydrogens (primary N) is 1. The number of aryl methyl sites for hydroxylation is 1. The number of fused-ring (bicyclic) bond motifs is 1. The standard InChI is InChI=1S/C14H11ClFN3/c1-8-3-2-4-12-18-13(14(17)19(8)12)10-7-9(15)5-6-11(10)16/h2-7H,17H2,1H3. The highest BCUT2D eigenvalue weighted by atomic mass is 35.5. The maximum absolute atomic E-state index is 13.9. The minimum atomic E-state index is -0.392. The lowest BCUT2D eigenvalue weighted by Gasteiger charge is -2.03. The van der Waals surface area contributed by atoms with E-state index in [2.05, 4.69) is 4.98 Å². The molecular weight excluding hydrogens is 265 g/mol. The van der Waals surface area contributed by atoms with Gasteiger partial charge in [-0.3, -0.25) is 4.40 Å². The Morgan fingerprint density at radius 1 is 1.26 bits per heavy atom. The number of nitrogens with zero attached hydrogens (tertiary/aromatic N) is 2. The van der Waals surface area contributed by atoms with Crippen LogP contribution >= 0.6 is 11.6 Å². The summed E-state index contributed by atoms with van der Waals surface area (Å²) < 4.78 is 15.7. The van der Waals surface area contributed by atoms with Crippen LogP contribution in [-0.4, -0.2) is 9.38 Å². The monoisotopic (exact) mass is 275 g/mol. The van der Waals surface area contributed by atoms with E-state index in [1.807, 2.05) is 25.1 Å². The number of hydrogen-bond donors (Lipinski definition) is 1. The summed E-state index contributed by atoms with van der Waals surface area (Å²) in [5.74, 6) is 0.0198. The van der Waals surface area contributed by atoms with Crippen LogP contribution in [0.5, 0.6) is 0 Å². The Morgan fingerprint density at radius 2 is 2.05 bits per heavy atom. The summed E-state index contributed by atoms with van der Waals surface area (Å²) in [6.07, 6.45) is 0.